The Labute approximate surface area is 209 Å². The summed E-state index contributed by atoms with van der Waals surface area (Å²) in [6.45, 7) is 0. The van der Waals surface area contributed by atoms with Crippen LogP contribution in [-0.4, -0.2) is 18.9 Å². The monoisotopic (exact) mass is 663 g/mol. The highest BCUT2D eigenvalue weighted by Gasteiger charge is 2.49. The van der Waals surface area contributed by atoms with Crippen molar-refractivity contribution in [1.82, 2.24) is 0 Å². The Morgan fingerprint density at radius 2 is 1.52 bits per heavy atom. The Hall–Kier alpha value is -0.720. The molecule has 4 aliphatic carbocycles. The molecule has 6 rings (SSSR count). The molecule has 0 radical (unpaired) electrons. The van der Waals surface area contributed by atoms with Crippen molar-refractivity contribution in [3.05, 3.63) is 54.7 Å². The van der Waals surface area contributed by atoms with Crippen molar-refractivity contribution in [3.63, 3.8) is 0 Å². The number of benzene rings is 2. The van der Waals surface area contributed by atoms with Crippen LogP contribution < -0.4 is 4.74 Å². The Bertz CT molecular complexity index is 1110. The van der Waals surface area contributed by atoms with Crippen molar-refractivity contribution >= 4 is 61.3 Å². The number of hydrogen-bond donors (Lipinski definition) is 0. The third-order valence-electron chi connectivity index (χ3n) is 7.21. The smallest absolute Gasteiger partial charge is 0.345 e. The molecular formula is C23H21I2O5S-. The number of halogens is 2. The van der Waals surface area contributed by atoms with Crippen LogP contribution in [0.5, 0.6) is 5.75 Å². The minimum atomic E-state index is -4.62. The fourth-order valence-electron chi connectivity index (χ4n) is 6.36. The minimum Gasteiger partial charge on any atom is -0.744 e. The van der Waals surface area contributed by atoms with Gasteiger partial charge in [-0.3, -0.25) is 0 Å². The zero-order chi connectivity index (χ0) is 21.9. The second-order valence-corrected chi connectivity index (χ2v) is 12.8. The molecule has 0 aromatic heterocycles. The van der Waals surface area contributed by atoms with Crippen LogP contribution in [-0.2, 0) is 10.1 Å². The zero-order valence-electron chi connectivity index (χ0n) is 16.6. The van der Waals surface area contributed by atoms with Gasteiger partial charge in [0, 0.05) is 7.14 Å². The standard InChI is InChI=1S/C23H22I2O5S/c24-18-2-1-3-19(25)22(18)23(26)30-16-4-5-20(31(27,28)29)17(11-16)21-14-7-12-6-13(9-14)10-15(21)8-12/h1-5,11-15,21H,6-10H2,(H,27,28,29)/p-1. The SMILES string of the molecule is O=C(Oc1ccc(S(=O)(=O)[O-])c(C2C3CC4CC(C3)CC2C4)c1)c1c(I)cccc1I. The maximum Gasteiger partial charge on any atom is 0.345 e. The van der Waals surface area contributed by atoms with E-state index in [4.69, 9.17) is 4.74 Å². The molecule has 31 heavy (non-hydrogen) atoms. The van der Waals surface area contributed by atoms with Gasteiger partial charge in [-0.25, -0.2) is 13.2 Å². The molecule has 0 atom stereocenters. The summed E-state index contributed by atoms with van der Waals surface area (Å²) in [5.41, 5.74) is 1.03. The molecule has 0 aliphatic heterocycles. The molecular weight excluding hydrogens is 642 g/mol. The van der Waals surface area contributed by atoms with Gasteiger partial charge < -0.3 is 9.29 Å². The number of esters is 1. The molecule has 4 aliphatic rings. The second-order valence-electron chi connectivity index (χ2n) is 9.10. The van der Waals surface area contributed by atoms with Crippen LogP contribution in [0, 0.1) is 30.8 Å². The largest absolute Gasteiger partial charge is 0.744 e. The van der Waals surface area contributed by atoms with Crippen molar-refractivity contribution in [1.29, 1.82) is 0 Å². The van der Waals surface area contributed by atoms with E-state index in [1.54, 1.807) is 6.07 Å². The van der Waals surface area contributed by atoms with E-state index in [-0.39, 0.29) is 16.6 Å². The van der Waals surface area contributed by atoms with Crippen molar-refractivity contribution < 1.29 is 22.5 Å². The molecule has 0 amide bonds. The van der Waals surface area contributed by atoms with E-state index >= 15 is 0 Å². The Morgan fingerprint density at radius 1 is 0.935 bits per heavy atom. The van der Waals surface area contributed by atoms with Crippen LogP contribution in [0.4, 0.5) is 0 Å². The summed E-state index contributed by atoms with van der Waals surface area (Å²) in [6, 6.07) is 9.94. The number of hydrogen-bond acceptors (Lipinski definition) is 5. The van der Waals surface area contributed by atoms with Gasteiger partial charge in [0.25, 0.3) is 0 Å². The predicted octanol–water partition coefficient (Wildman–Crippen LogP) is 5.56. The lowest BCUT2D eigenvalue weighted by atomic mass is 9.51. The molecule has 2 aromatic rings. The molecule has 164 valence electrons. The predicted molar refractivity (Wildman–Crippen MR) is 131 cm³/mol. The maximum atomic E-state index is 12.9. The van der Waals surface area contributed by atoms with Gasteiger partial charge in [-0.2, -0.15) is 0 Å². The number of carbonyl (C=O) groups excluding carboxylic acids is 1. The third-order valence-corrected chi connectivity index (χ3v) is 9.92. The lowest BCUT2D eigenvalue weighted by Gasteiger charge is -2.55. The summed E-state index contributed by atoms with van der Waals surface area (Å²) < 4.78 is 43.4. The summed E-state index contributed by atoms with van der Waals surface area (Å²) in [5.74, 6) is 2.11. The van der Waals surface area contributed by atoms with Gasteiger partial charge in [-0.05, 0) is 143 Å². The molecule has 0 unspecified atom stereocenters. The number of ether oxygens (including phenoxy) is 1. The fourth-order valence-corrected chi connectivity index (χ4v) is 9.03. The summed E-state index contributed by atoms with van der Waals surface area (Å²) >= 11 is 4.20. The average Bonchev–Trinajstić information content (AvgIpc) is 2.66. The number of rotatable bonds is 4. The summed E-state index contributed by atoms with van der Waals surface area (Å²) in [5, 5.41) is 0. The zero-order valence-corrected chi connectivity index (χ0v) is 21.7. The highest BCUT2D eigenvalue weighted by molar-refractivity contribution is 14.1. The van der Waals surface area contributed by atoms with E-state index in [9.17, 15) is 17.8 Å². The van der Waals surface area contributed by atoms with Gasteiger partial charge >= 0.3 is 5.97 Å². The molecule has 4 fully saturated rings. The molecule has 4 saturated carbocycles. The van der Waals surface area contributed by atoms with E-state index in [2.05, 4.69) is 45.2 Å². The van der Waals surface area contributed by atoms with Crippen LogP contribution in [0.1, 0.15) is 53.9 Å². The van der Waals surface area contributed by atoms with E-state index < -0.39 is 16.1 Å². The van der Waals surface area contributed by atoms with Gasteiger partial charge in [0.1, 0.15) is 15.9 Å². The molecule has 0 saturated heterocycles. The van der Waals surface area contributed by atoms with Crippen molar-refractivity contribution in [3.8, 4) is 5.75 Å². The quantitative estimate of drug-likeness (QED) is 0.185. The van der Waals surface area contributed by atoms with Gasteiger partial charge in [0.2, 0.25) is 0 Å². The molecule has 4 bridgehead atoms. The van der Waals surface area contributed by atoms with Gasteiger partial charge in [0.05, 0.1) is 10.5 Å². The van der Waals surface area contributed by atoms with Gasteiger partial charge in [-0.15, -0.1) is 0 Å². The minimum absolute atomic E-state index is 0.0437. The summed E-state index contributed by atoms with van der Waals surface area (Å²) in [4.78, 5) is 12.7. The first-order valence-electron chi connectivity index (χ1n) is 10.5. The summed E-state index contributed by atoms with van der Waals surface area (Å²) in [6.07, 6.45) is 5.68. The second kappa shape index (κ2) is 8.25. The first-order valence-corrected chi connectivity index (χ1v) is 14.0. The van der Waals surface area contributed by atoms with Crippen molar-refractivity contribution in [2.75, 3.05) is 0 Å². The third kappa shape index (κ3) is 4.17. The highest BCUT2D eigenvalue weighted by Crippen LogP contribution is 2.60. The highest BCUT2D eigenvalue weighted by atomic mass is 127. The summed E-state index contributed by atoms with van der Waals surface area (Å²) in [7, 11) is -4.62. The molecule has 0 N–H and O–H groups in total. The van der Waals surface area contributed by atoms with Crippen LogP contribution in [0.15, 0.2) is 41.3 Å². The van der Waals surface area contributed by atoms with Crippen LogP contribution in [0.25, 0.3) is 0 Å². The lowest BCUT2D eigenvalue weighted by molar-refractivity contribution is -0.00374. The van der Waals surface area contributed by atoms with Crippen molar-refractivity contribution in [2.24, 2.45) is 23.7 Å². The van der Waals surface area contributed by atoms with E-state index in [1.165, 1.54) is 18.6 Å². The first kappa shape index (κ1) is 22.1. The van der Waals surface area contributed by atoms with E-state index in [0.29, 0.717) is 23.0 Å². The molecule has 0 heterocycles. The molecule has 5 nitrogen and oxygen atoms in total. The average molecular weight is 663 g/mol. The van der Waals surface area contributed by atoms with Gasteiger partial charge in [0.15, 0.2) is 0 Å². The van der Waals surface area contributed by atoms with E-state index in [0.717, 1.165) is 44.7 Å². The maximum absolute atomic E-state index is 12.9. The van der Waals surface area contributed by atoms with E-state index in [1.807, 2.05) is 18.2 Å². The van der Waals surface area contributed by atoms with Crippen LogP contribution in [0.3, 0.4) is 0 Å². The van der Waals surface area contributed by atoms with Crippen LogP contribution in [0.2, 0.25) is 0 Å². The Balaban J connectivity index is 1.52. The molecule has 2 aromatic carbocycles. The normalized spacial score (nSPS) is 29.2. The molecule has 8 heteroatoms. The Kier molecular flexibility index (Phi) is 5.88. The lowest BCUT2D eigenvalue weighted by Crippen LogP contribution is -2.44. The molecule has 0 spiro atoms. The van der Waals surface area contributed by atoms with Gasteiger partial charge in [-0.1, -0.05) is 6.07 Å². The topological polar surface area (TPSA) is 83.5 Å². The first-order chi connectivity index (χ1) is 14.7. The number of carbonyl (C=O) groups is 1. The van der Waals surface area contributed by atoms with Crippen LogP contribution >= 0.6 is 45.2 Å². The van der Waals surface area contributed by atoms with Crippen molar-refractivity contribution in [2.45, 2.75) is 42.9 Å². The Morgan fingerprint density at radius 3 is 2.06 bits per heavy atom. The fraction of sp³-hybridized carbons (Fsp3) is 0.435.